The molecule has 8 nitrogen and oxygen atoms in total. The largest absolute Gasteiger partial charge is 0.409 e. The molecule has 2 aromatic rings. The molecule has 1 heterocycles. The van der Waals surface area contributed by atoms with Gasteiger partial charge in [0, 0.05) is 12.7 Å². The van der Waals surface area contributed by atoms with Gasteiger partial charge >= 0.3 is 6.03 Å². The topological polar surface area (TPSA) is 118 Å². The standard InChI is InChI=1S/C12H13FN6O2/c1-19-11(9(6-15-19)10(14)18-21)17-12(20)16-8-4-2-7(13)3-5-8/h2-6,21H,1H3,(H2,14,18)(H2,16,17,20). The molecule has 0 fully saturated rings. The molecule has 0 bridgehead atoms. The second kappa shape index (κ2) is 5.90. The third-order valence-corrected chi connectivity index (χ3v) is 2.66. The lowest BCUT2D eigenvalue weighted by Crippen LogP contribution is -2.24. The summed E-state index contributed by atoms with van der Waals surface area (Å²) < 4.78 is 14.1. The summed E-state index contributed by atoms with van der Waals surface area (Å²) in [5, 5.41) is 20.5. The van der Waals surface area contributed by atoms with Crippen molar-refractivity contribution in [3.8, 4) is 0 Å². The maximum Gasteiger partial charge on any atom is 0.324 e. The van der Waals surface area contributed by atoms with Crippen molar-refractivity contribution >= 4 is 23.4 Å². The molecular formula is C12H13FN6O2. The molecule has 0 aliphatic heterocycles. The summed E-state index contributed by atoms with van der Waals surface area (Å²) in [6.07, 6.45) is 1.35. The van der Waals surface area contributed by atoms with Crippen LogP contribution in [-0.4, -0.2) is 26.9 Å². The van der Waals surface area contributed by atoms with Gasteiger partial charge < -0.3 is 16.3 Å². The van der Waals surface area contributed by atoms with Gasteiger partial charge in [-0.1, -0.05) is 5.16 Å². The minimum absolute atomic E-state index is 0.180. The molecular weight excluding hydrogens is 279 g/mol. The fourth-order valence-electron chi connectivity index (χ4n) is 1.63. The first-order valence-corrected chi connectivity index (χ1v) is 5.84. The smallest absolute Gasteiger partial charge is 0.324 e. The van der Waals surface area contributed by atoms with Crippen molar-refractivity contribution in [2.24, 2.45) is 17.9 Å². The summed E-state index contributed by atoms with van der Waals surface area (Å²) in [6.45, 7) is 0. The first-order chi connectivity index (χ1) is 10.0. The number of amides is 2. The number of aromatic nitrogens is 2. The number of hydrogen-bond acceptors (Lipinski definition) is 4. The molecule has 0 aliphatic rings. The van der Waals surface area contributed by atoms with E-state index < -0.39 is 11.8 Å². The minimum Gasteiger partial charge on any atom is -0.409 e. The molecule has 0 unspecified atom stereocenters. The van der Waals surface area contributed by atoms with Crippen LogP contribution in [0.5, 0.6) is 0 Å². The van der Waals surface area contributed by atoms with Gasteiger partial charge in [0.25, 0.3) is 0 Å². The number of amidine groups is 1. The van der Waals surface area contributed by atoms with Gasteiger partial charge in [-0.15, -0.1) is 0 Å². The molecule has 0 spiro atoms. The molecule has 0 radical (unpaired) electrons. The van der Waals surface area contributed by atoms with Crippen LogP contribution in [0.4, 0.5) is 20.7 Å². The van der Waals surface area contributed by atoms with E-state index in [1.165, 1.54) is 35.1 Å². The molecule has 0 saturated carbocycles. The van der Waals surface area contributed by atoms with Crippen molar-refractivity contribution < 1.29 is 14.4 Å². The van der Waals surface area contributed by atoms with Crippen LogP contribution in [0.3, 0.4) is 0 Å². The Kier molecular flexibility index (Phi) is 4.02. The predicted octanol–water partition coefficient (Wildman–Crippen LogP) is 1.30. The highest BCUT2D eigenvalue weighted by atomic mass is 19.1. The van der Waals surface area contributed by atoms with Crippen molar-refractivity contribution in [2.75, 3.05) is 10.6 Å². The zero-order valence-electron chi connectivity index (χ0n) is 11.0. The van der Waals surface area contributed by atoms with Crippen LogP contribution >= 0.6 is 0 Å². The number of oxime groups is 1. The Hall–Kier alpha value is -3.10. The predicted molar refractivity (Wildman–Crippen MR) is 74.8 cm³/mol. The van der Waals surface area contributed by atoms with Crippen molar-refractivity contribution in [2.45, 2.75) is 0 Å². The Labute approximate surface area is 119 Å². The maximum atomic E-state index is 12.8. The van der Waals surface area contributed by atoms with Crippen LogP contribution in [-0.2, 0) is 7.05 Å². The average molecular weight is 292 g/mol. The van der Waals surface area contributed by atoms with Gasteiger partial charge in [0.15, 0.2) is 5.84 Å². The molecule has 2 rings (SSSR count). The molecule has 5 N–H and O–H groups in total. The minimum atomic E-state index is -0.572. The normalized spacial score (nSPS) is 11.2. The van der Waals surface area contributed by atoms with E-state index in [1.54, 1.807) is 7.05 Å². The lowest BCUT2D eigenvalue weighted by molar-refractivity contribution is 0.262. The van der Waals surface area contributed by atoms with E-state index in [1.807, 2.05) is 0 Å². The van der Waals surface area contributed by atoms with Gasteiger partial charge in [-0.2, -0.15) is 5.10 Å². The highest BCUT2D eigenvalue weighted by molar-refractivity contribution is 6.06. The van der Waals surface area contributed by atoms with Crippen molar-refractivity contribution in [3.05, 3.63) is 41.8 Å². The Balaban J connectivity index is 2.13. The summed E-state index contributed by atoms with van der Waals surface area (Å²) in [5.41, 5.74) is 6.18. The number of nitrogens with zero attached hydrogens (tertiary/aromatic N) is 3. The number of hydrogen-bond donors (Lipinski definition) is 4. The highest BCUT2D eigenvalue weighted by Crippen LogP contribution is 2.15. The second-order valence-electron chi connectivity index (χ2n) is 4.10. The fourth-order valence-corrected chi connectivity index (χ4v) is 1.63. The van der Waals surface area contributed by atoms with Crippen LogP contribution in [0.2, 0.25) is 0 Å². The van der Waals surface area contributed by atoms with E-state index in [0.717, 1.165) is 0 Å². The van der Waals surface area contributed by atoms with E-state index in [0.29, 0.717) is 5.69 Å². The first kappa shape index (κ1) is 14.3. The average Bonchev–Trinajstić information content (AvgIpc) is 2.82. The number of rotatable bonds is 3. The third-order valence-electron chi connectivity index (χ3n) is 2.66. The van der Waals surface area contributed by atoms with E-state index >= 15 is 0 Å². The SMILES string of the molecule is Cn1ncc(C(N)=NO)c1NC(=O)Nc1ccc(F)cc1. The van der Waals surface area contributed by atoms with Crippen LogP contribution in [0, 0.1) is 5.82 Å². The van der Waals surface area contributed by atoms with Gasteiger partial charge in [-0.25, -0.2) is 9.18 Å². The Bertz CT molecular complexity index is 680. The Morgan fingerprint density at radius 1 is 1.38 bits per heavy atom. The van der Waals surface area contributed by atoms with E-state index in [-0.39, 0.29) is 17.2 Å². The van der Waals surface area contributed by atoms with Crippen molar-refractivity contribution in [1.82, 2.24) is 9.78 Å². The van der Waals surface area contributed by atoms with Gasteiger partial charge in [0.2, 0.25) is 0 Å². The number of carbonyl (C=O) groups is 1. The quantitative estimate of drug-likeness (QED) is 0.295. The summed E-state index contributed by atoms with van der Waals surface area (Å²) in [5.74, 6) is -0.327. The number of urea groups is 1. The van der Waals surface area contributed by atoms with E-state index in [2.05, 4.69) is 20.9 Å². The zero-order valence-corrected chi connectivity index (χ0v) is 11.0. The number of anilines is 2. The van der Waals surface area contributed by atoms with Crippen molar-refractivity contribution in [3.63, 3.8) is 0 Å². The lowest BCUT2D eigenvalue weighted by atomic mass is 10.3. The monoisotopic (exact) mass is 292 g/mol. The summed E-state index contributed by atoms with van der Waals surface area (Å²) in [7, 11) is 1.58. The summed E-state index contributed by atoms with van der Waals surface area (Å²) >= 11 is 0. The third kappa shape index (κ3) is 3.26. The number of carbonyl (C=O) groups excluding carboxylic acids is 1. The van der Waals surface area contributed by atoms with Crippen molar-refractivity contribution in [1.29, 1.82) is 0 Å². The molecule has 2 amide bonds. The number of aryl methyl sites for hydroxylation is 1. The second-order valence-corrected chi connectivity index (χ2v) is 4.10. The fraction of sp³-hybridized carbons (Fsp3) is 0.0833. The van der Waals surface area contributed by atoms with Crippen LogP contribution in [0.15, 0.2) is 35.6 Å². The maximum absolute atomic E-state index is 12.8. The van der Waals surface area contributed by atoms with Gasteiger partial charge in [-0.3, -0.25) is 10.00 Å². The van der Waals surface area contributed by atoms with Crippen LogP contribution in [0.25, 0.3) is 0 Å². The van der Waals surface area contributed by atoms with Gasteiger partial charge in [0.1, 0.15) is 11.6 Å². The number of nitrogens with one attached hydrogen (secondary N) is 2. The summed E-state index contributed by atoms with van der Waals surface area (Å²) in [4.78, 5) is 11.9. The number of nitrogens with two attached hydrogens (primary N) is 1. The number of halogens is 1. The Morgan fingerprint density at radius 3 is 2.67 bits per heavy atom. The molecule has 110 valence electrons. The molecule has 21 heavy (non-hydrogen) atoms. The van der Waals surface area contributed by atoms with Crippen LogP contribution < -0.4 is 16.4 Å². The molecule has 0 atom stereocenters. The van der Waals surface area contributed by atoms with E-state index in [4.69, 9.17) is 10.9 Å². The van der Waals surface area contributed by atoms with Gasteiger partial charge in [0.05, 0.1) is 11.8 Å². The molecule has 1 aromatic carbocycles. The lowest BCUT2D eigenvalue weighted by Gasteiger charge is -2.09. The van der Waals surface area contributed by atoms with Crippen LogP contribution in [0.1, 0.15) is 5.56 Å². The molecule has 0 saturated heterocycles. The molecule has 1 aromatic heterocycles. The van der Waals surface area contributed by atoms with Gasteiger partial charge in [-0.05, 0) is 24.3 Å². The molecule has 9 heteroatoms. The zero-order chi connectivity index (χ0) is 15.4. The van der Waals surface area contributed by atoms with E-state index in [9.17, 15) is 9.18 Å². The Morgan fingerprint density at radius 2 is 2.05 bits per heavy atom. The number of benzene rings is 1. The summed E-state index contributed by atoms with van der Waals surface area (Å²) in [6, 6.07) is 4.71. The highest BCUT2D eigenvalue weighted by Gasteiger charge is 2.15. The molecule has 0 aliphatic carbocycles. The first-order valence-electron chi connectivity index (χ1n) is 5.84.